The molecular weight excluding hydrogens is 598 g/mol. The Morgan fingerprint density at radius 3 is 2.30 bits per heavy atom. The highest BCUT2D eigenvalue weighted by Gasteiger charge is 2.36. The molecule has 12 nitrogen and oxygen atoms in total. The second kappa shape index (κ2) is 12.3. The van der Waals surface area contributed by atoms with E-state index in [1.54, 1.807) is 0 Å². The quantitative estimate of drug-likeness (QED) is 0.143. The number of anilines is 1. The Morgan fingerprint density at radius 1 is 1.00 bits per heavy atom. The summed E-state index contributed by atoms with van der Waals surface area (Å²) in [5, 5.41) is 13.4. The van der Waals surface area contributed by atoms with Crippen LogP contribution in [-0.2, 0) is 19.7 Å². The van der Waals surface area contributed by atoms with Gasteiger partial charge in [0.15, 0.2) is 11.5 Å². The highest BCUT2D eigenvalue weighted by atomic mass is 32.2. The lowest BCUT2D eigenvalue weighted by molar-refractivity contribution is -0.385. The number of thioether (sulfide) groups is 1. The van der Waals surface area contributed by atoms with Crippen molar-refractivity contribution >= 4 is 56.4 Å². The predicted octanol–water partition coefficient (Wildman–Crippen LogP) is 5.28. The molecule has 224 valence electrons. The third-order valence-electron chi connectivity index (χ3n) is 6.47. The van der Waals surface area contributed by atoms with Crippen molar-refractivity contribution in [2.75, 3.05) is 19.0 Å². The van der Waals surface area contributed by atoms with Crippen LogP contribution in [-0.4, -0.2) is 48.9 Å². The Balaban J connectivity index is 1.51. The maximum atomic E-state index is 13.0. The highest BCUT2D eigenvalue weighted by Crippen LogP contribution is 2.36. The molecule has 3 amide bonds. The fourth-order valence-corrected chi connectivity index (χ4v) is 6.24. The molecule has 0 atom stereocenters. The summed E-state index contributed by atoms with van der Waals surface area (Å²) in [5.74, 6) is -1.40. The number of nitrogens with zero attached hydrogens (tertiary/aromatic N) is 2. The van der Waals surface area contributed by atoms with Gasteiger partial charge in [-0.15, -0.1) is 0 Å². The molecule has 0 radical (unpaired) electrons. The minimum atomic E-state index is -4.47. The highest BCUT2D eigenvalue weighted by molar-refractivity contribution is 8.18. The molecule has 1 fully saturated rings. The molecule has 3 aromatic rings. The fraction of sp³-hybridized carbons (Fsp3) is 0.207. The Kier molecular flexibility index (Phi) is 8.92. The zero-order chi connectivity index (χ0) is 31.6. The summed E-state index contributed by atoms with van der Waals surface area (Å²) in [7, 11) is -3.19. The van der Waals surface area contributed by atoms with Gasteiger partial charge in [0.1, 0.15) is 11.4 Å². The number of nitro groups is 1. The van der Waals surface area contributed by atoms with Crippen molar-refractivity contribution in [1.29, 1.82) is 0 Å². The van der Waals surface area contributed by atoms with E-state index in [-0.39, 0.29) is 27.7 Å². The van der Waals surface area contributed by atoms with Crippen LogP contribution in [0.1, 0.15) is 27.8 Å². The van der Waals surface area contributed by atoms with E-state index in [1.807, 2.05) is 32.9 Å². The Labute approximate surface area is 251 Å². The Bertz CT molecular complexity index is 1790. The van der Waals surface area contributed by atoms with Gasteiger partial charge in [0, 0.05) is 17.3 Å². The van der Waals surface area contributed by atoms with E-state index in [9.17, 15) is 32.9 Å². The third-order valence-corrected chi connectivity index (χ3v) is 8.61. The molecule has 14 heteroatoms. The monoisotopic (exact) mass is 625 g/mol. The lowest BCUT2D eigenvalue weighted by Crippen LogP contribution is -2.36. The van der Waals surface area contributed by atoms with Crippen LogP contribution in [0.5, 0.6) is 11.5 Å². The molecule has 0 unspecified atom stereocenters. The number of methoxy groups -OCH3 is 1. The van der Waals surface area contributed by atoms with E-state index >= 15 is 0 Å². The standard InChI is InChI=1S/C29H27N3O9S2/c1-16-10-18(3)27(19(4)11-16)30-26(33)15-31-28(34)25(42-29(31)35)13-20-7-9-23(24(12-20)40-5)41-43(38,39)21-8-6-17(2)22(14-21)32(36)37/h6-14H,15H2,1-5H3,(H,30,33)/b25-13-. The molecule has 0 aliphatic carbocycles. The normalized spacial score (nSPS) is 14.3. The van der Waals surface area contributed by atoms with Crippen molar-refractivity contribution < 1.29 is 36.6 Å². The van der Waals surface area contributed by atoms with E-state index in [0.717, 1.165) is 27.7 Å². The number of benzene rings is 3. The van der Waals surface area contributed by atoms with Gasteiger partial charge in [-0.3, -0.25) is 29.4 Å². The van der Waals surface area contributed by atoms with Crippen LogP contribution < -0.4 is 14.2 Å². The fourth-order valence-electron chi connectivity index (χ4n) is 4.44. The van der Waals surface area contributed by atoms with Crippen molar-refractivity contribution in [1.82, 2.24) is 4.90 Å². The molecular formula is C29H27N3O9S2. The molecule has 1 heterocycles. The summed E-state index contributed by atoms with van der Waals surface area (Å²) in [4.78, 5) is 49.4. The summed E-state index contributed by atoms with van der Waals surface area (Å²) in [5.41, 5.74) is 3.66. The first-order valence-electron chi connectivity index (χ1n) is 12.7. The van der Waals surface area contributed by atoms with E-state index in [0.29, 0.717) is 23.0 Å². The molecule has 1 aliphatic rings. The van der Waals surface area contributed by atoms with Gasteiger partial charge in [0.2, 0.25) is 5.91 Å². The molecule has 3 aromatic carbocycles. The lowest BCUT2D eigenvalue weighted by Gasteiger charge is -2.16. The Morgan fingerprint density at radius 2 is 1.67 bits per heavy atom. The largest absolute Gasteiger partial charge is 0.493 e. The maximum Gasteiger partial charge on any atom is 0.339 e. The Hall–Kier alpha value is -4.69. The SMILES string of the molecule is COc1cc(/C=C2\SC(=O)N(CC(=O)Nc3c(C)cc(C)cc3C)C2=O)ccc1OS(=O)(=O)c1ccc(C)c([N+](=O)[O-])c1. The number of aryl methyl sites for hydroxylation is 4. The van der Waals surface area contributed by atoms with Crippen molar-refractivity contribution in [2.45, 2.75) is 32.6 Å². The number of carbonyl (C=O) groups is 3. The summed E-state index contributed by atoms with van der Waals surface area (Å²) >= 11 is 0.658. The molecule has 0 aromatic heterocycles. The zero-order valence-corrected chi connectivity index (χ0v) is 25.4. The first-order valence-corrected chi connectivity index (χ1v) is 14.9. The number of hydrogen-bond acceptors (Lipinski definition) is 10. The van der Waals surface area contributed by atoms with Crippen LogP contribution in [0.15, 0.2) is 58.3 Å². The lowest BCUT2D eigenvalue weighted by atomic mass is 10.1. The van der Waals surface area contributed by atoms with Crippen molar-refractivity contribution in [3.63, 3.8) is 0 Å². The van der Waals surface area contributed by atoms with Gasteiger partial charge in [-0.25, -0.2) is 0 Å². The van der Waals surface area contributed by atoms with Crippen LogP contribution in [0.3, 0.4) is 0 Å². The number of nitro benzene ring substituents is 1. The van der Waals surface area contributed by atoms with Gasteiger partial charge < -0.3 is 14.2 Å². The van der Waals surface area contributed by atoms with Gasteiger partial charge in [0.05, 0.1) is 16.9 Å². The number of hydrogen-bond donors (Lipinski definition) is 1. The van der Waals surface area contributed by atoms with E-state index < -0.39 is 43.5 Å². The second-order valence-electron chi connectivity index (χ2n) is 9.74. The van der Waals surface area contributed by atoms with Gasteiger partial charge in [-0.05, 0) is 80.4 Å². The maximum absolute atomic E-state index is 13.0. The number of carbonyl (C=O) groups excluding carboxylic acids is 3. The van der Waals surface area contributed by atoms with Crippen LogP contribution in [0.2, 0.25) is 0 Å². The molecule has 1 aliphatic heterocycles. The average Bonchev–Trinajstić information content (AvgIpc) is 3.18. The molecule has 0 spiro atoms. The number of rotatable bonds is 9. The third kappa shape index (κ3) is 6.87. The summed E-state index contributed by atoms with van der Waals surface area (Å²) in [6.07, 6.45) is 1.40. The molecule has 0 saturated carbocycles. The number of imide groups is 1. The van der Waals surface area contributed by atoms with Crippen molar-refractivity contribution in [2.24, 2.45) is 0 Å². The first-order chi connectivity index (χ1) is 20.2. The van der Waals surface area contributed by atoms with E-state index in [1.165, 1.54) is 50.4 Å². The van der Waals surface area contributed by atoms with Gasteiger partial charge in [-0.1, -0.05) is 29.8 Å². The van der Waals surface area contributed by atoms with Gasteiger partial charge in [0.25, 0.3) is 16.8 Å². The van der Waals surface area contributed by atoms with E-state index in [2.05, 4.69) is 5.32 Å². The first kappa shape index (κ1) is 31.3. The number of amides is 3. The van der Waals surface area contributed by atoms with Crippen molar-refractivity contribution in [3.8, 4) is 11.5 Å². The summed E-state index contributed by atoms with van der Waals surface area (Å²) < 4.78 is 36.2. The molecule has 4 rings (SSSR count). The second-order valence-corrected chi connectivity index (χ2v) is 12.3. The van der Waals surface area contributed by atoms with Crippen LogP contribution >= 0.6 is 11.8 Å². The van der Waals surface area contributed by atoms with Crippen LogP contribution in [0, 0.1) is 37.8 Å². The predicted molar refractivity (Wildman–Crippen MR) is 161 cm³/mol. The van der Waals surface area contributed by atoms with E-state index in [4.69, 9.17) is 8.92 Å². The van der Waals surface area contributed by atoms with Crippen LogP contribution in [0.4, 0.5) is 16.2 Å². The zero-order valence-electron chi connectivity index (χ0n) is 23.8. The minimum Gasteiger partial charge on any atom is -0.493 e. The van der Waals surface area contributed by atoms with Crippen molar-refractivity contribution in [3.05, 3.63) is 91.4 Å². The average molecular weight is 626 g/mol. The molecule has 1 saturated heterocycles. The van der Waals surface area contributed by atoms with Gasteiger partial charge in [-0.2, -0.15) is 8.42 Å². The molecule has 43 heavy (non-hydrogen) atoms. The van der Waals surface area contributed by atoms with Crippen LogP contribution in [0.25, 0.3) is 6.08 Å². The van der Waals surface area contributed by atoms with Gasteiger partial charge >= 0.3 is 10.1 Å². The topological polar surface area (TPSA) is 162 Å². The molecule has 1 N–H and O–H groups in total. The number of ether oxygens (including phenoxy) is 1. The summed E-state index contributed by atoms with van der Waals surface area (Å²) in [6, 6.07) is 11.4. The summed E-state index contributed by atoms with van der Waals surface area (Å²) in [6.45, 7) is 6.66. The number of nitrogens with one attached hydrogen (secondary N) is 1. The minimum absolute atomic E-state index is 0.0126. The smallest absolute Gasteiger partial charge is 0.339 e. The molecule has 0 bridgehead atoms.